The fourth-order valence-electron chi connectivity index (χ4n) is 3.19. The van der Waals surface area contributed by atoms with Gasteiger partial charge in [0.15, 0.2) is 0 Å². The Bertz CT molecular complexity index is 892. The predicted octanol–water partition coefficient (Wildman–Crippen LogP) is 2.77. The molecular formula is C20H28N4O2S. The lowest BCUT2D eigenvalue weighted by molar-refractivity contribution is 0.0530. The van der Waals surface area contributed by atoms with Crippen LogP contribution in [0.1, 0.15) is 33.4 Å². The van der Waals surface area contributed by atoms with Crippen LogP contribution in [0, 0.1) is 20.8 Å². The summed E-state index contributed by atoms with van der Waals surface area (Å²) in [6, 6.07) is 6.14. The second-order valence-corrected chi connectivity index (χ2v) is 7.90. The number of rotatable bonds is 4. The number of thiazole rings is 1. The average Bonchev–Trinajstić information content (AvgIpc) is 2.96. The molecule has 1 saturated heterocycles. The molecule has 0 unspecified atom stereocenters. The highest BCUT2D eigenvalue weighted by Gasteiger charge is 2.23. The number of hydrogen-bond acceptors (Lipinski definition) is 6. The molecule has 0 aliphatic carbocycles. The summed E-state index contributed by atoms with van der Waals surface area (Å²) in [7, 11) is 2.13. The third-order valence-electron chi connectivity index (χ3n) is 5.04. The van der Waals surface area contributed by atoms with Crippen LogP contribution in [0.15, 0.2) is 23.2 Å². The van der Waals surface area contributed by atoms with Gasteiger partial charge in [-0.1, -0.05) is 23.5 Å². The molecule has 0 radical (unpaired) electrons. The SMILES string of the molecule is CCOC(=O)c1sc(=Nc2cccc(C)c2C)n(N2CCN(C)CC2)c1C. The molecule has 0 amide bonds. The summed E-state index contributed by atoms with van der Waals surface area (Å²) in [5.41, 5.74) is 4.20. The second kappa shape index (κ2) is 8.27. The van der Waals surface area contributed by atoms with Crippen LogP contribution in [0.2, 0.25) is 0 Å². The molecule has 2 aromatic rings. The van der Waals surface area contributed by atoms with Crippen molar-refractivity contribution in [2.75, 3.05) is 44.8 Å². The number of likely N-dealkylation sites (N-methyl/N-ethyl adjacent to an activating group) is 1. The van der Waals surface area contributed by atoms with Gasteiger partial charge in [0.05, 0.1) is 18.0 Å². The van der Waals surface area contributed by atoms with Crippen molar-refractivity contribution in [3.63, 3.8) is 0 Å². The molecule has 3 rings (SSSR count). The van der Waals surface area contributed by atoms with Crippen LogP contribution < -0.4 is 9.81 Å². The zero-order valence-electron chi connectivity index (χ0n) is 16.8. The van der Waals surface area contributed by atoms with Crippen molar-refractivity contribution in [2.24, 2.45) is 4.99 Å². The Morgan fingerprint density at radius 2 is 1.89 bits per heavy atom. The number of benzene rings is 1. The molecule has 6 nitrogen and oxygen atoms in total. The number of carbonyl (C=O) groups is 1. The topological polar surface area (TPSA) is 50.1 Å². The molecule has 146 valence electrons. The maximum atomic E-state index is 12.4. The van der Waals surface area contributed by atoms with Crippen LogP contribution in [0.25, 0.3) is 0 Å². The molecule has 1 aliphatic heterocycles. The standard InChI is InChI=1S/C20H28N4O2S/c1-6-26-19(25)18-16(4)24(23-12-10-22(5)11-13-23)20(27-18)21-17-9-7-8-14(2)15(17)3/h7-9H,6,10-13H2,1-5H3. The minimum Gasteiger partial charge on any atom is -0.462 e. The Labute approximate surface area is 164 Å². The smallest absolute Gasteiger partial charge is 0.350 e. The van der Waals surface area contributed by atoms with Gasteiger partial charge in [0.1, 0.15) is 4.88 Å². The normalized spacial score (nSPS) is 16.0. The summed E-state index contributed by atoms with van der Waals surface area (Å²) in [6.45, 7) is 12.1. The van der Waals surface area contributed by atoms with Crippen LogP contribution in [-0.2, 0) is 4.74 Å². The van der Waals surface area contributed by atoms with Gasteiger partial charge in [0.25, 0.3) is 0 Å². The van der Waals surface area contributed by atoms with E-state index >= 15 is 0 Å². The van der Waals surface area contributed by atoms with E-state index < -0.39 is 0 Å². The van der Waals surface area contributed by atoms with Gasteiger partial charge < -0.3 is 14.6 Å². The molecule has 1 aromatic carbocycles. The van der Waals surface area contributed by atoms with E-state index in [2.05, 4.69) is 41.5 Å². The van der Waals surface area contributed by atoms with Gasteiger partial charge in [-0.05, 0) is 51.9 Å². The molecule has 1 aliphatic rings. The van der Waals surface area contributed by atoms with E-state index in [1.807, 2.05) is 26.0 Å². The highest BCUT2D eigenvalue weighted by atomic mass is 32.1. The van der Waals surface area contributed by atoms with Crippen LogP contribution in [0.3, 0.4) is 0 Å². The van der Waals surface area contributed by atoms with Crippen LogP contribution in [0.5, 0.6) is 0 Å². The minimum atomic E-state index is -0.273. The van der Waals surface area contributed by atoms with Gasteiger partial charge in [-0.25, -0.2) is 14.5 Å². The summed E-state index contributed by atoms with van der Waals surface area (Å²) in [4.78, 5) is 21.1. The lowest BCUT2D eigenvalue weighted by Crippen LogP contribution is -2.52. The van der Waals surface area contributed by atoms with E-state index in [9.17, 15) is 4.79 Å². The minimum absolute atomic E-state index is 0.273. The van der Waals surface area contributed by atoms with E-state index in [1.165, 1.54) is 16.9 Å². The first-order valence-electron chi connectivity index (χ1n) is 9.36. The molecule has 0 spiro atoms. The van der Waals surface area contributed by atoms with Crippen molar-refractivity contribution in [2.45, 2.75) is 27.7 Å². The van der Waals surface area contributed by atoms with E-state index in [-0.39, 0.29) is 5.97 Å². The third-order valence-corrected chi connectivity index (χ3v) is 6.15. The zero-order valence-corrected chi connectivity index (χ0v) is 17.6. The van der Waals surface area contributed by atoms with E-state index in [0.717, 1.165) is 47.9 Å². The fourth-order valence-corrected chi connectivity index (χ4v) is 4.23. The third kappa shape index (κ3) is 4.09. The van der Waals surface area contributed by atoms with E-state index in [4.69, 9.17) is 9.73 Å². The quantitative estimate of drug-likeness (QED) is 0.756. The number of aryl methyl sites for hydroxylation is 1. The van der Waals surface area contributed by atoms with Gasteiger partial charge in [0, 0.05) is 26.2 Å². The number of esters is 1. The lowest BCUT2D eigenvalue weighted by Gasteiger charge is -2.35. The summed E-state index contributed by atoms with van der Waals surface area (Å²) in [6.07, 6.45) is 0. The average molecular weight is 389 g/mol. The summed E-state index contributed by atoms with van der Waals surface area (Å²) in [5.74, 6) is -0.273. The summed E-state index contributed by atoms with van der Waals surface area (Å²) >= 11 is 1.40. The molecular weight excluding hydrogens is 360 g/mol. The molecule has 0 bridgehead atoms. The Hall–Kier alpha value is -2.12. The molecule has 7 heteroatoms. The molecule has 27 heavy (non-hydrogen) atoms. The molecule has 2 heterocycles. The monoisotopic (exact) mass is 388 g/mol. The maximum Gasteiger partial charge on any atom is 0.350 e. The first-order valence-corrected chi connectivity index (χ1v) is 10.2. The number of hydrogen-bond donors (Lipinski definition) is 0. The highest BCUT2D eigenvalue weighted by Crippen LogP contribution is 2.22. The molecule has 1 fully saturated rings. The van der Waals surface area contributed by atoms with E-state index in [0.29, 0.717) is 11.5 Å². The maximum absolute atomic E-state index is 12.4. The largest absolute Gasteiger partial charge is 0.462 e. The Balaban J connectivity index is 2.13. The Morgan fingerprint density at radius 3 is 2.56 bits per heavy atom. The number of ether oxygens (including phenoxy) is 1. The van der Waals surface area contributed by atoms with Gasteiger partial charge in [0.2, 0.25) is 4.80 Å². The van der Waals surface area contributed by atoms with Crippen molar-refractivity contribution in [3.8, 4) is 0 Å². The molecule has 0 atom stereocenters. The number of carbonyl (C=O) groups excluding carboxylic acids is 1. The number of nitrogens with zero attached hydrogens (tertiary/aromatic N) is 4. The highest BCUT2D eigenvalue weighted by molar-refractivity contribution is 7.11. The van der Waals surface area contributed by atoms with Crippen molar-refractivity contribution in [3.05, 3.63) is 44.7 Å². The summed E-state index contributed by atoms with van der Waals surface area (Å²) < 4.78 is 7.37. The molecule has 0 saturated carbocycles. The van der Waals surface area contributed by atoms with Crippen LogP contribution in [0.4, 0.5) is 5.69 Å². The predicted molar refractivity (Wildman–Crippen MR) is 110 cm³/mol. The first-order chi connectivity index (χ1) is 12.9. The van der Waals surface area contributed by atoms with Crippen molar-refractivity contribution >= 4 is 23.0 Å². The first kappa shape index (κ1) is 19.6. The van der Waals surface area contributed by atoms with Crippen molar-refractivity contribution < 1.29 is 9.53 Å². The second-order valence-electron chi connectivity index (χ2n) is 6.92. The Morgan fingerprint density at radius 1 is 1.19 bits per heavy atom. The van der Waals surface area contributed by atoms with Crippen molar-refractivity contribution in [1.82, 2.24) is 9.58 Å². The van der Waals surface area contributed by atoms with Gasteiger partial charge in [-0.15, -0.1) is 0 Å². The fraction of sp³-hybridized carbons (Fsp3) is 0.500. The molecule has 1 aromatic heterocycles. The van der Waals surface area contributed by atoms with Gasteiger partial charge in [-0.2, -0.15) is 0 Å². The molecule has 0 N–H and O–H groups in total. The lowest BCUT2D eigenvalue weighted by atomic mass is 10.1. The zero-order chi connectivity index (χ0) is 19.6. The van der Waals surface area contributed by atoms with Crippen LogP contribution in [-0.4, -0.2) is 55.4 Å². The number of piperazine rings is 1. The van der Waals surface area contributed by atoms with E-state index in [1.54, 1.807) is 0 Å². The summed E-state index contributed by atoms with van der Waals surface area (Å²) in [5, 5.41) is 2.28. The van der Waals surface area contributed by atoms with Gasteiger partial charge in [-0.3, -0.25) is 0 Å². The van der Waals surface area contributed by atoms with Crippen molar-refractivity contribution in [1.29, 1.82) is 0 Å². The van der Waals surface area contributed by atoms with Crippen LogP contribution >= 0.6 is 11.3 Å². The number of aromatic nitrogens is 1. The van der Waals surface area contributed by atoms with Gasteiger partial charge >= 0.3 is 5.97 Å². The Kier molecular flexibility index (Phi) is 6.01.